The van der Waals surface area contributed by atoms with Crippen molar-refractivity contribution in [2.75, 3.05) is 18.1 Å². The van der Waals surface area contributed by atoms with E-state index in [9.17, 15) is 35.5 Å². The molecule has 2 bridgehead atoms. The number of anilines is 1. The number of hydrogen-bond donors (Lipinski definition) is 3. The average Bonchev–Trinajstić information content (AvgIpc) is 2.96. The van der Waals surface area contributed by atoms with Gasteiger partial charge in [-0.25, -0.2) is 30.3 Å². The van der Waals surface area contributed by atoms with Crippen molar-refractivity contribution in [1.29, 1.82) is 0 Å². The summed E-state index contributed by atoms with van der Waals surface area (Å²) in [6, 6.07) is 6.56. The molecule has 0 radical (unpaired) electrons. The molecule has 13 heteroatoms. The van der Waals surface area contributed by atoms with Crippen LogP contribution < -0.4 is 10.0 Å². The number of sulfone groups is 1. The topological polar surface area (TPSA) is 130 Å². The molecule has 2 aromatic carbocycles. The molecule has 4 rings (SSSR count). The smallest absolute Gasteiger partial charge is 0.255 e. The zero-order valence-corrected chi connectivity index (χ0v) is 21.6. The number of aliphatic hydroxyl groups is 1. The highest BCUT2D eigenvalue weighted by atomic mass is 35.5. The third kappa shape index (κ3) is 5.28. The van der Waals surface area contributed by atoms with Crippen LogP contribution in [0.15, 0.2) is 41.3 Å². The number of carbonyl (C=O) groups excluding carboxylic acids is 1. The first kappa shape index (κ1) is 26.9. The number of rotatable bonds is 7. The van der Waals surface area contributed by atoms with Crippen LogP contribution in [0.4, 0.5) is 14.5 Å². The molecule has 4 atom stereocenters. The molecule has 1 amide bonds. The van der Waals surface area contributed by atoms with E-state index in [1.807, 2.05) is 0 Å². The van der Waals surface area contributed by atoms with Crippen LogP contribution in [0.2, 0.25) is 5.02 Å². The van der Waals surface area contributed by atoms with Gasteiger partial charge in [-0.1, -0.05) is 11.6 Å². The molecular weight excluding hydrogens is 538 g/mol. The standard InChI is InChI=1S/C23H25ClF2N2O6S2/c1-35(31,32)27-12-23(30)14-3-4-15(23)10-17(9-14)36(33,34)21-8-13(2-6-18(21)24)22(29)28-16-5-7-19(25)20(26)11-16/h2,5-8,11,14-15,17,27,30H,3-4,9-10,12H2,1H3,(H,28,29)/t14-,15?,17-,23-/m0/s1. The summed E-state index contributed by atoms with van der Waals surface area (Å²) in [5.74, 6) is -3.81. The van der Waals surface area contributed by atoms with Crippen molar-refractivity contribution in [1.82, 2.24) is 4.72 Å². The lowest BCUT2D eigenvalue weighted by molar-refractivity contribution is -0.0525. The van der Waals surface area contributed by atoms with Crippen molar-refractivity contribution >= 4 is 43.1 Å². The lowest BCUT2D eigenvalue weighted by Gasteiger charge is -2.42. The van der Waals surface area contributed by atoms with Gasteiger partial charge in [0.25, 0.3) is 5.91 Å². The summed E-state index contributed by atoms with van der Waals surface area (Å²) in [7, 11) is -7.56. The second-order valence-electron chi connectivity index (χ2n) is 9.42. The fraction of sp³-hybridized carbons (Fsp3) is 0.435. The van der Waals surface area contributed by atoms with E-state index >= 15 is 0 Å². The van der Waals surface area contributed by atoms with Crippen LogP contribution in [-0.2, 0) is 19.9 Å². The van der Waals surface area contributed by atoms with Gasteiger partial charge in [-0.05, 0) is 67.9 Å². The molecule has 196 valence electrons. The molecule has 8 nitrogen and oxygen atoms in total. The van der Waals surface area contributed by atoms with Gasteiger partial charge < -0.3 is 10.4 Å². The van der Waals surface area contributed by atoms with Crippen LogP contribution >= 0.6 is 11.6 Å². The minimum absolute atomic E-state index is 0.0101. The number of sulfonamides is 1. The van der Waals surface area contributed by atoms with E-state index in [1.54, 1.807) is 0 Å². The highest BCUT2D eigenvalue weighted by molar-refractivity contribution is 7.92. The monoisotopic (exact) mass is 562 g/mol. The molecule has 3 N–H and O–H groups in total. The second kappa shape index (κ2) is 9.64. The number of carbonyl (C=O) groups is 1. The second-order valence-corrected chi connectivity index (χ2v) is 13.9. The number of halogens is 3. The SMILES string of the molecule is CS(=O)(=O)NC[C@@]1(O)C2CC[C@H]1C[C@H](S(=O)(=O)c1cc(C(=O)Nc3ccc(F)c(F)c3)ccc1Cl)C2. The van der Waals surface area contributed by atoms with E-state index in [1.165, 1.54) is 18.2 Å². The normalized spacial score (nSPS) is 26.1. The summed E-state index contributed by atoms with van der Waals surface area (Å²) in [6.07, 6.45) is 2.34. The molecule has 2 fully saturated rings. The Labute approximate surface area is 213 Å². The van der Waals surface area contributed by atoms with Crippen molar-refractivity contribution < 1.29 is 35.5 Å². The van der Waals surface area contributed by atoms with Crippen molar-refractivity contribution in [2.24, 2.45) is 11.8 Å². The Balaban J connectivity index is 1.56. The third-order valence-electron chi connectivity index (χ3n) is 7.11. The van der Waals surface area contributed by atoms with Gasteiger partial charge in [0.2, 0.25) is 10.0 Å². The molecule has 2 aliphatic rings. The van der Waals surface area contributed by atoms with E-state index in [-0.39, 0.29) is 40.6 Å². The van der Waals surface area contributed by atoms with Crippen molar-refractivity contribution in [3.8, 4) is 0 Å². The molecule has 0 aliphatic heterocycles. The fourth-order valence-electron chi connectivity index (χ4n) is 5.22. The Morgan fingerprint density at radius 3 is 2.28 bits per heavy atom. The van der Waals surface area contributed by atoms with Gasteiger partial charge in [0.15, 0.2) is 21.5 Å². The molecular formula is C23H25ClF2N2O6S2. The molecule has 0 aromatic heterocycles. The van der Waals surface area contributed by atoms with Crippen LogP contribution in [0.1, 0.15) is 36.0 Å². The first-order chi connectivity index (χ1) is 16.7. The van der Waals surface area contributed by atoms with Crippen molar-refractivity contribution in [3.05, 3.63) is 58.6 Å². The summed E-state index contributed by atoms with van der Waals surface area (Å²) >= 11 is 6.22. The van der Waals surface area contributed by atoms with Crippen LogP contribution in [0.3, 0.4) is 0 Å². The van der Waals surface area contributed by atoms with E-state index in [4.69, 9.17) is 11.6 Å². The first-order valence-corrected chi connectivity index (χ1v) is 15.0. The molecule has 0 heterocycles. The Morgan fingerprint density at radius 1 is 1.06 bits per heavy atom. The number of fused-ring (bicyclic) bond motifs is 2. The quantitative estimate of drug-likeness (QED) is 0.475. The molecule has 0 spiro atoms. The highest BCUT2D eigenvalue weighted by Crippen LogP contribution is 2.52. The number of nitrogens with one attached hydrogen (secondary N) is 2. The van der Waals surface area contributed by atoms with Gasteiger partial charge in [0.05, 0.1) is 27.0 Å². The average molecular weight is 563 g/mol. The minimum atomic E-state index is -4.02. The molecule has 1 unspecified atom stereocenters. The Bertz CT molecular complexity index is 1400. The van der Waals surface area contributed by atoms with Crippen LogP contribution in [0.25, 0.3) is 0 Å². The molecule has 36 heavy (non-hydrogen) atoms. The lowest BCUT2D eigenvalue weighted by atomic mass is 9.74. The number of benzene rings is 2. The summed E-state index contributed by atoms with van der Waals surface area (Å²) in [5.41, 5.74) is -1.40. The maximum absolute atomic E-state index is 13.6. The predicted molar refractivity (Wildman–Crippen MR) is 130 cm³/mol. The first-order valence-electron chi connectivity index (χ1n) is 11.2. The maximum atomic E-state index is 13.6. The van der Waals surface area contributed by atoms with Crippen LogP contribution in [0.5, 0.6) is 0 Å². The largest absolute Gasteiger partial charge is 0.388 e. The predicted octanol–water partition coefficient (Wildman–Crippen LogP) is 3.11. The number of hydrogen-bond acceptors (Lipinski definition) is 6. The minimum Gasteiger partial charge on any atom is -0.388 e. The van der Waals surface area contributed by atoms with Gasteiger partial charge in [0, 0.05) is 23.9 Å². The summed E-state index contributed by atoms with van der Waals surface area (Å²) in [5, 5.41) is 12.6. The van der Waals surface area contributed by atoms with Gasteiger partial charge in [0.1, 0.15) is 0 Å². The highest BCUT2D eigenvalue weighted by Gasteiger charge is 2.55. The molecule has 0 saturated heterocycles. The van der Waals surface area contributed by atoms with Gasteiger partial charge in [-0.2, -0.15) is 0 Å². The Morgan fingerprint density at radius 2 is 1.69 bits per heavy atom. The summed E-state index contributed by atoms with van der Waals surface area (Å²) < 4.78 is 79.2. The van der Waals surface area contributed by atoms with Crippen LogP contribution in [0, 0.1) is 23.5 Å². The summed E-state index contributed by atoms with van der Waals surface area (Å²) in [4.78, 5) is 12.4. The van der Waals surface area contributed by atoms with Gasteiger partial charge in [-0.15, -0.1) is 0 Å². The van der Waals surface area contributed by atoms with Crippen molar-refractivity contribution in [3.63, 3.8) is 0 Å². The number of amides is 1. The zero-order chi connectivity index (χ0) is 26.5. The van der Waals surface area contributed by atoms with Gasteiger partial charge in [-0.3, -0.25) is 4.79 Å². The van der Waals surface area contributed by atoms with Crippen molar-refractivity contribution in [2.45, 2.75) is 41.4 Å². The zero-order valence-electron chi connectivity index (χ0n) is 19.2. The fourth-order valence-corrected chi connectivity index (χ4v) is 8.11. The van der Waals surface area contributed by atoms with E-state index in [0.29, 0.717) is 12.8 Å². The molecule has 2 aliphatic carbocycles. The van der Waals surface area contributed by atoms with Gasteiger partial charge >= 0.3 is 0 Å². The lowest BCUT2D eigenvalue weighted by Crippen LogP contribution is -2.54. The molecule has 2 aromatic rings. The maximum Gasteiger partial charge on any atom is 0.255 e. The van der Waals surface area contributed by atoms with E-state index in [0.717, 1.165) is 24.5 Å². The molecule has 2 saturated carbocycles. The third-order valence-corrected chi connectivity index (χ3v) is 10.4. The Hall–Kier alpha value is -2.12. The van der Waals surface area contributed by atoms with E-state index < -0.39 is 60.1 Å². The van der Waals surface area contributed by atoms with E-state index in [2.05, 4.69) is 10.0 Å². The van der Waals surface area contributed by atoms with Crippen LogP contribution in [-0.4, -0.2) is 51.5 Å². The summed E-state index contributed by atoms with van der Waals surface area (Å²) in [6.45, 7) is -0.186. The Kier molecular flexibility index (Phi) is 7.21.